The van der Waals surface area contributed by atoms with Crippen LogP contribution in [-0.2, 0) is 0 Å². The van der Waals surface area contributed by atoms with E-state index >= 15 is 0 Å². The van der Waals surface area contributed by atoms with Crippen molar-refractivity contribution in [2.24, 2.45) is 0 Å². The lowest BCUT2D eigenvalue weighted by atomic mass is 10.3. The monoisotopic (exact) mass is 229 g/mol. The van der Waals surface area contributed by atoms with Gasteiger partial charge in [-0.05, 0) is 39.6 Å². The van der Waals surface area contributed by atoms with Crippen LogP contribution in [0.3, 0.4) is 0 Å². The van der Waals surface area contributed by atoms with E-state index in [2.05, 4.69) is 20.3 Å². The van der Waals surface area contributed by atoms with Crippen LogP contribution in [0, 0.1) is 0 Å². The molecular weight excluding hydrogens is 226 g/mol. The van der Waals surface area contributed by atoms with Crippen LogP contribution in [0.4, 0.5) is 0 Å². The number of halogens is 1. The first-order valence-corrected chi connectivity index (χ1v) is 4.57. The summed E-state index contributed by atoms with van der Waals surface area (Å²) in [7, 11) is 0. The van der Waals surface area contributed by atoms with Gasteiger partial charge >= 0.3 is 0 Å². The molecule has 2 nitrogen and oxygen atoms in total. The summed E-state index contributed by atoms with van der Waals surface area (Å²) >= 11 is 4.70. The molecule has 2 aromatic rings. The fourth-order valence-corrected chi connectivity index (χ4v) is 2.13. The van der Waals surface area contributed by atoms with Crippen LogP contribution in [0.25, 0.3) is 10.1 Å². The zero-order valence-electron chi connectivity index (χ0n) is 5.41. The van der Waals surface area contributed by atoms with E-state index in [4.69, 9.17) is 0 Å². The molecule has 0 radical (unpaired) electrons. The van der Waals surface area contributed by atoms with Gasteiger partial charge < -0.3 is 5.11 Å². The number of phenolic OH excluding ortho intramolecular Hbond substituents is 1. The smallest absolute Gasteiger partial charge is 0.130 e. The van der Waals surface area contributed by atoms with Crippen molar-refractivity contribution in [1.29, 1.82) is 0 Å². The standard InChI is InChI=1S/C7H4BrNOS/c8-7-4-3-9-11-6(4)2-1-5(7)10/h1-3,10H. The van der Waals surface area contributed by atoms with Gasteiger partial charge in [-0.3, -0.25) is 0 Å². The predicted molar refractivity (Wildman–Crippen MR) is 49.0 cm³/mol. The fourth-order valence-electron chi connectivity index (χ4n) is 0.899. The second kappa shape index (κ2) is 2.46. The Labute approximate surface area is 75.8 Å². The van der Waals surface area contributed by atoms with Gasteiger partial charge in [0.05, 0.1) is 9.17 Å². The number of aromatic nitrogens is 1. The molecule has 0 bridgehead atoms. The third-order valence-corrected chi connectivity index (χ3v) is 3.05. The van der Waals surface area contributed by atoms with E-state index in [0.717, 1.165) is 14.6 Å². The molecule has 0 saturated carbocycles. The summed E-state index contributed by atoms with van der Waals surface area (Å²) in [5.74, 6) is 0.262. The van der Waals surface area contributed by atoms with E-state index in [-0.39, 0.29) is 5.75 Å². The van der Waals surface area contributed by atoms with Gasteiger partial charge in [-0.25, -0.2) is 0 Å². The Hall–Kier alpha value is -0.610. The Bertz CT molecular complexity index is 398. The van der Waals surface area contributed by atoms with Crippen molar-refractivity contribution in [1.82, 2.24) is 4.37 Å². The second-order valence-electron chi connectivity index (χ2n) is 2.14. The summed E-state index contributed by atoms with van der Waals surface area (Å²) in [6.07, 6.45) is 1.74. The highest BCUT2D eigenvalue weighted by atomic mass is 79.9. The molecule has 0 atom stereocenters. The van der Waals surface area contributed by atoms with Crippen molar-refractivity contribution in [2.75, 3.05) is 0 Å². The molecule has 1 aromatic carbocycles. The summed E-state index contributed by atoms with van der Waals surface area (Å²) in [6, 6.07) is 3.51. The van der Waals surface area contributed by atoms with Crippen LogP contribution in [0.5, 0.6) is 5.75 Å². The van der Waals surface area contributed by atoms with Gasteiger partial charge in [0, 0.05) is 11.6 Å². The number of phenols is 1. The van der Waals surface area contributed by atoms with Crippen molar-refractivity contribution in [2.45, 2.75) is 0 Å². The Morgan fingerprint density at radius 3 is 3.09 bits per heavy atom. The molecule has 0 fully saturated rings. The molecule has 11 heavy (non-hydrogen) atoms. The summed E-state index contributed by atoms with van der Waals surface area (Å²) in [6.45, 7) is 0. The Morgan fingerprint density at radius 2 is 2.27 bits per heavy atom. The van der Waals surface area contributed by atoms with Crippen LogP contribution in [-0.4, -0.2) is 9.48 Å². The van der Waals surface area contributed by atoms with Crippen molar-refractivity contribution in [3.63, 3.8) is 0 Å². The zero-order valence-corrected chi connectivity index (χ0v) is 7.82. The Kier molecular flexibility index (Phi) is 1.58. The number of rotatable bonds is 0. The molecule has 1 heterocycles. The molecule has 1 aromatic heterocycles. The summed E-state index contributed by atoms with van der Waals surface area (Å²) < 4.78 is 5.81. The minimum atomic E-state index is 0.262. The maximum absolute atomic E-state index is 9.27. The van der Waals surface area contributed by atoms with Crippen molar-refractivity contribution >= 4 is 37.5 Å². The number of hydrogen-bond donors (Lipinski definition) is 1. The maximum atomic E-state index is 9.27. The molecule has 0 aliphatic carbocycles. The van der Waals surface area contributed by atoms with Crippen LogP contribution in [0.2, 0.25) is 0 Å². The first-order chi connectivity index (χ1) is 5.29. The largest absolute Gasteiger partial charge is 0.507 e. The van der Waals surface area contributed by atoms with Crippen LogP contribution < -0.4 is 0 Å². The maximum Gasteiger partial charge on any atom is 0.130 e. The Balaban J connectivity index is 2.93. The van der Waals surface area contributed by atoms with E-state index in [1.165, 1.54) is 11.5 Å². The number of nitrogens with zero attached hydrogens (tertiary/aromatic N) is 1. The van der Waals surface area contributed by atoms with Gasteiger partial charge in [-0.2, -0.15) is 4.37 Å². The topological polar surface area (TPSA) is 33.1 Å². The molecule has 0 spiro atoms. The van der Waals surface area contributed by atoms with Crippen LogP contribution in [0.15, 0.2) is 22.8 Å². The van der Waals surface area contributed by atoms with E-state index in [0.29, 0.717) is 0 Å². The second-order valence-corrected chi connectivity index (χ2v) is 3.76. The Morgan fingerprint density at radius 1 is 1.45 bits per heavy atom. The molecule has 0 amide bonds. The molecule has 2 rings (SSSR count). The van der Waals surface area contributed by atoms with Gasteiger partial charge in [-0.1, -0.05) is 0 Å². The molecule has 0 aliphatic heterocycles. The normalized spacial score (nSPS) is 10.6. The van der Waals surface area contributed by atoms with Crippen LogP contribution >= 0.6 is 27.5 Å². The highest BCUT2D eigenvalue weighted by Crippen LogP contribution is 2.33. The molecule has 0 saturated heterocycles. The highest BCUT2D eigenvalue weighted by molar-refractivity contribution is 9.10. The SMILES string of the molecule is Oc1ccc2sncc2c1Br. The lowest BCUT2D eigenvalue weighted by molar-refractivity contribution is 0.473. The predicted octanol–water partition coefficient (Wildman–Crippen LogP) is 2.76. The van der Waals surface area contributed by atoms with Gasteiger partial charge in [0.1, 0.15) is 5.75 Å². The lowest BCUT2D eigenvalue weighted by Gasteiger charge is -1.95. The van der Waals surface area contributed by atoms with E-state index in [9.17, 15) is 5.11 Å². The summed E-state index contributed by atoms with van der Waals surface area (Å²) in [5.41, 5.74) is 0. The number of aromatic hydroxyl groups is 1. The van der Waals surface area contributed by atoms with Gasteiger partial charge in [0.25, 0.3) is 0 Å². The summed E-state index contributed by atoms with van der Waals surface area (Å²) in [5, 5.41) is 10.2. The lowest BCUT2D eigenvalue weighted by Crippen LogP contribution is -1.68. The molecule has 0 aliphatic rings. The average molecular weight is 230 g/mol. The van der Waals surface area contributed by atoms with Crippen LogP contribution in [0.1, 0.15) is 0 Å². The minimum absolute atomic E-state index is 0.262. The molecule has 1 N–H and O–H groups in total. The third kappa shape index (κ3) is 1.02. The fraction of sp³-hybridized carbons (Fsp3) is 0. The molecule has 4 heteroatoms. The van der Waals surface area contributed by atoms with Crippen molar-refractivity contribution in [3.05, 3.63) is 22.8 Å². The third-order valence-electron chi connectivity index (χ3n) is 1.45. The zero-order chi connectivity index (χ0) is 7.84. The number of benzene rings is 1. The van der Waals surface area contributed by atoms with E-state index in [1.54, 1.807) is 12.3 Å². The van der Waals surface area contributed by atoms with Gasteiger partial charge in [0.2, 0.25) is 0 Å². The highest BCUT2D eigenvalue weighted by Gasteiger charge is 2.04. The minimum Gasteiger partial charge on any atom is -0.507 e. The van der Waals surface area contributed by atoms with Gasteiger partial charge in [0.15, 0.2) is 0 Å². The van der Waals surface area contributed by atoms with Crippen molar-refractivity contribution in [3.8, 4) is 5.75 Å². The van der Waals surface area contributed by atoms with E-state index in [1.807, 2.05) is 6.07 Å². The van der Waals surface area contributed by atoms with Crippen molar-refractivity contribution < 1.29 is 5.11 Å². The molecular formula is C7H4BrNOS. The average Bonchev–Trinajstić information content (AvgIpc) is 2.45. The van der Waals surface area contributed by atoms with Gasteiger partial charge in [-0.15, -0.1) is 0 Å². The number of fused-ring (bicyclic) bond motifs is 1. The molecule has 0 unspecified atom stereocenters. The molecule has 56 valence electrons. The first kappa shape index (κ1) is 7.06. The quantitative estimate of drug-likeness (QED) is 0.754. The number of hydrogen-bond acceptors (Lipinski definition) is 3. The first-order valence-electron chi connectivity index (χ1n) is 3.01. The summed E-state index contributed by atoms with van der Waals surface area (Å²) in [4.78, 5) is 0. The van der Waals surface area contributed by atoms with E-state index < -0.39 is 0 Å².